The Bertz CT molecular complexity index is 1500. The molecule has 244 valence electrons. The molecule has 0 bridgehead atoms. The van der Waals surface area contributed by atoms with Gasteiger partial charge in [-0.25, -0.2) is 8.78 Å². The van der Waals surface area contributed by atoms with Crippen LogP contribution in [0.25, 0.3) is 0 Å². The average Bonchev–Trinajstić information content (AvgIpc) is 3.42. The minimum atomic E-state index is -5.02. The van der Waals surface area contributed by atoms with Crippen molar-refractivity contribution < 1.29 is 41.4 Å². The predicted molar refractivity (Wildman–Crippen MR) is 159 cm³/mol. The molecule has 2 aromatic carbocycles. The van der Waals surface area contributed by atoms with Crippen molar-refractivity contribution in [3.63, 3.8) is 0 Å². The molecule has 0 spiro atoms. The van der Waals surface area contributed by atoms with Crippen LogP contribution >= 0.6 is 35.0 Å². The first-order valence-corrected chi connectivity index (χ1v) is 16.0. The number of amides is 1. The number of thioether (sulfide) groups is 1. The topological polar surface area (TPSA) is 84.7 Å². The van der Waals surface area contributed by atoms with Crippen LogP contribution in [0.15, 0.2) is 41.4 Å². The molecule has 1 fully saturated rings. The average molecular weight is 695 g/mol. The minimum Gasteiger partial charge on any atom is -0.466 e. The number of esters is 1. The molecule has 1 aromatic heterocycles. The van der Waals surface area contributed by atoms with Crippen molar-refractivity contribution in [2.75, 3.05) is 19.4 Å². The van der Waals surface area contributed by atoms with E-state index in [2.05, 4.69) is 5.10 Å². The minimum absolute atomic E-state index is 0.0319. The van der Waals surface area contributed by atoms with E-state index in [9.17, 15) is 36.6 Å². The van der Waals surface area contributed by atoms with Gasteiger partial charge >= 0.3 is 12.1 Å². The van der Waals surface area contributed by atoms with Gasteiger partial charge in [-0.05, 0) is 68.7 Å². The molecular formula is C30H30Cl2F5N3O4S. The first kappa shape index (κ1) is 35.0. The summed E-state index contributed by atoms with van der Waals surface area (Å²) < 4.78 is 77.6. The van der Waals surface area contributed by atoms with Gasteiger partial charge in [-0.1, -0.05) is 23.2 Å². The molecule has 4 rings (SSSR count). The zero-order chi connectivity index (χ0) is 33.1. The number of carbonyl (C=O) groups is 2. The summed E-state index contributed by atoms with van der Waals surface area (Å²) in [6, 6.07) is 4.79. The van der Waals surface area contributed by atoms with Gasteiger partial charge in [-0.2, -0.15) is 18.3 Å². The van der Waals surface area contributed by atoms with Gasteiger partial charge in [-0.3, -0.25) is 14.3 Å². The van der Waals surface area contributed by atoms with E-state index in [4.69, 9.17) is 27.9 Å². The van der Waals surface area contributed by atoms with Crippen molar-refractivity contribution in [3.8, 4) is 0 Å². The lowest BCUT2D eigenvalue weighted by atomic mass is 9.86. The van der Waals surface area contributed by atoms with E-state index >= 15 is 0 Å². The van der Waals surface area contributed by atoms with E-state index in [1.54, 1.807) is 13.2 Å². The zero-order valence-electron chi connectivity index (χ0n) is 24.2. The highest BCUT2D eigenvalue weighted by Gasteiger charge is 2.43. The second-order valence-electron chi connectivity index (χ2n) is 10.6. The van der Waals surface area contributed by atoms with Crippen molar-refractivity contribution in [1.29, 1.82) is 0 Å². The maximum Gasteiger partial charge on any atom is 0.433 e. The normalized spacial score (nSPS) is 17.6. The first-order chi connectivity index (χ1) is 21.2. The highest BCUT2D eigenvalue weighted by Crippen LogP contribution is 2.40. The third-order valence-corrected chi connectivity index (χ3v) is 8.89. The van der Waals surface area contributed by atoms with Crippen LogP contribution in [0.1, 0.15) is 71.9 Å². The van der Waals surface area contributed by atoms with E-state index in [1.807, 2.05) is 0 Å². The number of aliphatic hydroxyl groups excluding tert-OH is 1. The standard InChI is InChI=1S/C30H30Cl2F5N3O4S/c1-3-44-29(43)17-4-6-20(7-5-17)40-27(30(35,36)37)22(13-38-40)28(42)39(14-16-8-18(33)10-19(34)9-16)15-25(41)26-23(31)11-21(45-2)12-24(26)32/h8-13,17,20,25,41H,3-7,14-15H2,1-2H3. The summed E-state index contributed by atoms with van der Waals surface area (Å²) in [6.07, 6.45) is -3.08. The molecule has 1 amide bonds. The summed E-state index contributed by atoms with van der Waals surface area (Å²) in [4.78, 5) is 27.5. The number of carbonyl (C=O) groups excluding carboxylic acids is 2. The fraction of sp³-hybridized carbons (Fsp3) is 0.433. The van der Waals surface area contributed by atoms with Crippen molar-refractivity contribution in [2.45, 2.75) is 62.4 Å². The number of aliphatic hydroxyl groups is 1. The summed E-state index contributed by atoms with van der Waals surface area (Å²) in [6.45, 7) is 0.674. The molecule has 3 aromatic rings. The lowest BCUT2D eigenvalue weighted by molar-refractivity contribution is -0.151. The molecule has 45 heavy (non-hydrogen) atoms. The third-order valence-electron chi connectivity index (χ3n) is 7.55. The van der Waals surface area contributed by atoms with Crippen LogP contribution < -0.4 is 0 Å². The molecule has 0 aliphatic heterocycles. The van der Waals surface area contributed by atoms with Gasteiger partial charge in [0.15, 0.2) is 5.69 Å². The Morgan fingerprint density at radius 3 is 2.22 bits per heavy atom. The molecule has 0 saturated heterocycles. The maximum absolute atomic E-state index is 14.6. The smallest absolute Gasteiger partial charge is 0.433 e. The second kappa shape index (κ2) is 14.7. The van der Waals surface area contributed by atoms with Crippen LogP contribution in [0.5, 0.6) is 0 Å². The predicted octanol–water partition coefficient (Wildman–Crippen LogP) is 7.88. The fourth-order valence-electron chi connectivity index (χ4n) is 5.50. The third kappa shape index (κ3) is 8.30. The Balaban J connectivity index is 1.70. The van der Waals surface area contributed by atoms with Gasteiger partial charge in [-0.15, -0.1) is 11.8 Å². The van der Waals surface area contributed by atoms with E-state index in [-0.39, 0.29) is 53.5 Å². The molecule has 1 aliphatic rings. The number of aromatic nitrogens is 2. The van der Waals surface area contributed by atoms with Crippen LogP contribution in [0.2, 0.25) is 10.0 Å². The quantitative estimate of drug-likeness (QED) is 0.132. The SMILES string of the molecule is CCOC(=O)C1CCC(n2ncc(C(=O)N(Cc3cc(F)cc(F)c3)CC(O)c3c(Cl)cc(SC)cc3Cl)c2C(F)(F)F)CC1. The van der Waals surface area contributed by atoms with Gasteiger partial charge in [0.05, 0.1) is 43.0 Å². The Kier molecular flexibility index (Phi) is 11.4. The molecule has 1 aliphatic carbocycles. The molecule has 1 unspecified atom stereocenters. The molecule has 0 radical (unpaired) electrons. The Hall–Kier alpha value is -2.87. The van der Waals surface area contributed by atoms with E-state index in [0.29, 0.717) is 11.0 Å². The van der Waals surface area contributed by atoms with Crippen LogP contribution in [0.4, 0.5) is 22.0 Å². The van der Waals surface area contributed by atoms with Crippen molar-refractivity contribution >= 4 is 46.8 Å². The van der Waals surface area contributed by atoms with Gasteiger partial charge in [0.1, 0.15) is 11.6 Å². The monoisotopic (exact) mass is 693 g/mol. The molecule has 1 heterocycles. The van der Waals surface area contributed by atoms with Crippen LogP contribution in [0.3, 0.4) is 0 Å². The van der Waals surface area contributed by atoms with E-state index < -0.39 is 72.1 Å². The summed E-state index contributed by atoms with van der Waals surface area (Å²) >= 11 is 14.1. The number of alkyl halides is 3. The van der Waals surface area contributed by atoms with Crippen molar-refractivity contribution in [2.24, 2.45) is 5.92 Å². The summed E-state index contributed by atoms with van der Waals surface area (Å²) in [5, 5.41) is 15.2. The number of ether oxygens (including phenoxy) is 1. The fourth-order valence-corrected chi connectivity index (χ4v) is 6.84. The van der Waals surface area contributed by atoms with Gasteiger partial charge in [0, 0.05) is 33.1 Å². The molecule has 1 atom stereocenters. The van der Waals surface area contributed by atoms with Crippen molar-refractivity contribution in [1.82, 2.24) is 14.7 Å². The molecule has 1 saturated carbocycles. The Morgan fingerprint density at radius 1 is 1.09 bits per heavy atom. The number of nitrogens with zero attached hydrogens (tertiary/aromatic N) is 3. The lowest BCUT2D eigenvalue weighted by Gasteiger charge is -2.29. The maximum atomic E-state index is 14.6. The zero-order valence-corrected chi connectivity index (χ0v) is 26.5. The van der Waals surface area contributed by atoms with E-state index in [1.165, 1.54) is 23.9 Å². The van der Waals surface area contributed by atoms with Gasteiger partial charge in [0.25, 0.3) is 5.91 Å². The number of rotatable bonds is 10. The molecular weight excluding hydrogens is 664 g/mol. The molecule has 7 nitrogen and oxygen atoms in total. The second-order valence-corrected chi connectivity index (χ2v) is 12.3. The van der Waals surface area contributed by atoms with Crippen LogP contribution in [-0.2, 0) is 22.3 Å². The highest BCUT2D eigenvalue weighted by atomic mass is 35.5. The Labute approximate surface area is 270 Å². The molecule has 15 heteroatoms. The number of halogens is 7. The number of hydrogen-bond donors (Lipinski definition) is 1. The Morgan fingerprint density at radius 2 is 1.69 bits per heavy atom. The number of benzene rings is 2. The van der Waals surface area contributed by atoms with Crippen LogP contribution in [0, 0.1) is 17.6 Å². The lowest BCUT2D eigenvalue weighted by Crippen LogP contribution is -2.36. The van der Waals surface area contributed by atoms with Crippen LogP contribution in [-0.4, -0.2) is 51.1 Å². The van der Waals surface area contributed by atoms with Crippen molar-refractivity contribution in [3.05, 3.63) is 80.6 Å². The summed E-state index contributed by atoms with van der Waals surface area (Å²) in [5.41, 5.74) is -2.16. The van der Waals surface area contributed by atoms with E-state index in [0.717, 1.165) is 27.9 Å². The first-order valence-electron chi connectivity index (χ1n) is 14.0. The highest BCUT2D eigenvalue weighted by molar-refractivity contribution is 7.98. The molecule has 1 N–H and O–H groups in total. The summed E-state index contributed by atoms with van der Waals surface area (Å²) in [7, 11) is 0. The van der Waals surface area contributed by atoms with Gasteiger partial charge in [0.2, 0.25) is 0 Å². The number of hydrogen-bond acceptors (Lipinski definition) is 6. The summed E-state index contributed by atoms with van der Waals surface area (Å²) in [5.74, 6) is -3.96. The largest absolute Gasteiger partial charge is 0.466 e. The van der Waals surface area contributed by atoms with Gasteiger partial charge < -0.3 is 14.7 Å².